The average Bonchev–Trinajstić information content (AvgIpc) is 2.60. The number of hydrogen-bond acceptors (Lipinski definition) is 3. The summed E-state index contributed by atoms with van der Waals surface area (Å²) in [6.07, 6.45) is 1.51. The maximum absolute atomic E-state index is 12.2. The van der Waals surface area contributed by atoms with E-state index in [-0.39, 0.29) is 5.70 Å². The largest absolute Gasteiger partial charge is 0.322 e. The molecular formula is C18H16ClN3O3. The van der Waals surface area contributed by atoms with Gasteiger partial charge in [-0.1, -0.05) is 41.9 Å². The number of nitrogens with one attached hydrogen (secondary N) is 3. The quantitative estimate of drug-likeness (QED) is 0.579. The average molecular weight is 358 g/mol. The van der Waals surface area contributed by atoms with E-state index in [9.17, 15) is 14.4 Å². The van der Waals surface area contributed by atoms with Crippen molar-refractivity contribution >= 4 is 35.4 Å². The lowest BCUT2D eigenvalue weighted by Gasteiger charge is -2.11. The van der Waals surface area contributed by atoms with Gasteiger partial charge in [0.1, 0.15) is 5.70 Å². The Morgan fingerprint density at radius 2 is 1.56 bits per heavy atom. The first-order chi connectivity index (χ1) is 12.0. The van der Waals surface area contributed by atoms with Gasteiger partial charge in [-0.15, -0.1) is 0 Å². The molecule has 2 aromatic carbocycles. The van der Waals surface area contributed by atoms with Crippen LogP contribution in [0.15, 0.2) is 60.3 Å². The topological polar surface area (TPSA) is 87.3 Å². The van der Waals surface area contributed by atoms with Gasteiger partial charge in [-0.25, -0.2) is 0 Å². The Balaban J connectivity index is 2.06. The lowest BCUT2D eigenvalue weighted by atomic mass is 10.2. The molecule has 128 valence electrons. The molecule has 25 heavy (non-hydrogen) atoms. The maximum atomic E-state index is 12.2. The molecule has 0 heterocycles. The molecule has 2 aromatic rings. The van der Waals surface area contributed by atoms with Crippen LogP contribution in [-0.4, -0.2) is 17.7 Å². The summed E-state index contributed by atoms with van der Waals surface area (Å²) in [6.45, 7) is 1.29. The maximum Gasteiger partial charge on any atom is 0.286 e. The molecule has 0 atom stereocenters. The van der Waals surface area contributed by atoms with Gasteiger partial charge in [0, 0.05) is 17.5 Å². The molecule has 6 nitrogen and oxygen atoms in total. The third-order valence-electron chi connectivity index (χ3n) is 3.06. The second-order valence-electron chi connectivity index (χ2n) is 5.07. The number of hydrogen-bond donors (Lipinski definition) is 3. The summed E-state index contributed by atoms with van der Waals surface area (Å²) in [5, 5.41) is 2.94. The minimum absolute atomic E-state index is 0.00936. The first-order valence-corrected chi connectivity index (χ1v) is 7.74. The highest BCUT2D eigenvalue weighted by Crippen LogP contribution is 2.09. The summed E-state index contributed by atoms with van der Waals surface area (Å²) in [6, 6.07) is 15.2. The zero-order valence-electron chi connectivity index (χ0n) is 13.4. The summed E-state index contributed by atoms with van der Waals surface area (Å²) in [4.78, 5) is 35.5. The standard InChI is InChI=1S/C18H16ClN3O3/c1-12(23)20-16(11-13-5-3-2-4-6-13)18(25)22-21-17(24)14-7-9-15(19)10-8-14/h2-11H,1H3,(H,20,23)(H,21,24)(H,22,25)/b16-11+. The van der Waals surface area contributed by atoms with Gasteiger partial charge in [0.2, 0.25) is 5.91 Å². The molecule has 0 spiro atoms. The van der Waals surface area contributed by atoms with Gasteiger partial charge in [-0.05, 0) is 35.9 Å². The van der Waals surface area contributed by atoms with E-state index in [1.165, 1.54) is 25.1 Å². The summed E-state index contributed by atoms with van der Waals surface area (Å²) in [5.41, 5.74) is 5.62. The van der Waals surface area contributed by atoms with Crippen molar-refractivity contribution in [3.8, 4) is 0 Å². The Morgan fingerprint density at radius 3 is 2.16 bits per heavy atom. The third-order valence-corrected chi connectivity index (χ3v) is 3.31. The molecule has 0 saturated heterocycles. The van der Waals surface area contributed by atoms with Gasteiger partial charge in [0.25, 0.3) is 11.8 Å². The van der Waals surface area contributed by atoms with Crippen molar-refractivity contribution in [1.29, 1.82) is 0 Å². The highest BCUT2D eigenvalue weighted by atomic mass is 35.5. The van der Waals surface area contributed by atoms with E-state index in [2.05, 4.69) is 16.2 Å². The van der Waals surface area contributed by atoms with E-state index < -0.39 is 17.7 Å². The van der Waals surface area contributed by atoms with E-state index >= 15 is 0 Å². The molecule has 0 aliphatic rings. The van der Waals surface area contributed by atoms with Crippen LogP contribution < -0.4 is 16.2 Å². The van der Waals surface area contributed by atoms with Crippen LogP contribution in [0, 0.1) is 0 Å². The lowest BCUT2D eigenvalue weighted by molar-refractivity contribution is -0.122. The van der Waals surface area contributed by atoms with Crippen LogP contribution in [0.2, 0.25) is 5.02 Å². The van der Waals surface area contributed by atoms with Gasteiger partial charge in [-0.2, -0.15) is 0 Å². The fourth-order valence-corrected chi connectivity index (χ4v) is 2.04. The highest BCUT2D eigenvalue weighted by molar-refractivity contribution is 6.30. The minimum Gasteiger partial charge on any atom is -0.322 e. The third kappa shape index (κ3) is 5.78. The molecule has 0 fully saturated rings. The molecule has 0 aliphatic heterocycles. The zero-order valence-corrected chi connectivity index (χ0v) is 14.1. The van der Waals surface area contributed by atoms with Crippen molar-refractivity contribution < 1.29 is 14.4 Å². The number of carbonyl (C=O) groups excluding carboxylic acids is 3. The van der Waals surface area contributed by atoms with Crippen LogP contribution in [0.3, 0.4) is 0 Å². The molecule has 0 unspecified atom stereocenters. The summed E-state index contributed by atoms with van der Waals surface area (Å²) in [5.74, 6) is -1.56. The number of rotatable bonds is 4. The van der Waals surface area contributed by atoms with Gasteiger partial charge >= 0.3 is 0 Å². The van der Waals surface area contributed by atoms with Crippen LogP contribution in [0.5, 0.6) is 0 Å². The second kappa shape index (κ2) is 8.65. The summed E-state index contributed by atoms with van der Waals surface area (Å²) >= 11 is 5.76. The molecule has 2 rings (SSSR count). The van der Waals surface area contributed by atoms with Crippen molar-refractivity contribution in [1.82, 2.24) is 16.2 Å². The Bertz CT molecular complexity index is 802. The molecule has 0 saturated carbocycles. The van der Waals surface area contributed by atoms with E-state index in [0.29, 0.717) is 10.6 Å². The van der Waals surface area contributed by atoms with Crippen molar-refractivity contribution in [3.05, 3.63) is 76.4 Å². The number of halogens is 1. The number of hydrazine groups is 1. The van der Waals surface area contributed by atoms with Crippen LogP contribution >= 0.6 is 11.6 Å². The smallest absolute Gasteiger partial charge is 0.286 e. The molecule has 3 amide bonds. The van der Waals surface area contributed by atoms with Crippen LogP contribution in [0.25, 0.3) is 6.08 Å². The molecular weight excluding hydrogens is 342 g/mol. The number of amides is 3. The SMILES string of the molecule is CC(=O)N/C(=C/c1ccccc1)C(=O)NNC(=O)c1ccc(Cl)cc1. The molecule has 0 bridgehead atoms. The van der Waals surface area contributed by atoms with Gasteiger partial charge in [0.05, 0.1) is 0 Å². The molecule has 0 radical (unpaired) electrons. The Labute approximate surface area is 149 Å². The zero-order chi connectivity index (χ0) is 18.2. The van der Waals surface area contributed by atoms with Crippen LogP contribution in [0.1, 0.15) is 22.8 Å². The first-order valence-electron chi connectivity index (χ1n) is 7.36. The molecule has 0 aromatic heterocycles. The highest BCUT2D eigenvalue weighted by Gasteiger charge is 2.13. The van der Waals surface area contributed by atoms with Crippen LogP contribution in [0.4, 0.5) is 0 Å². The van der Waals surface area contributed by atoms with Crippen LogP contribution in [-0.2, 0) is 9.59 Å². The van der Waals surface area contributed by atoms with Crippen molar-refractivity contribution in [2.75, 3.05) is 0 Å². The molecule has 7 heteroatoms. The molecule has 3 N–H and O–H groups in total. The van der Waals surface area contributed by atoms with E-state index in [4.69, 9.17) is 11.6 Å². The van der Waals surface area contributed by atoms with Gasteiger partial charge in [-0.3, -0.25) is 25.2 Å². The molecule has 0 aliphatic carbocycles. The van der Waals surface area contributed by atoms with E-state index in [0.717, 1.165) is 5.56 Å². The van der Waals surface area contributed by atoms with Gasteiger partial charge in [0.15, 0.2) is 0 Å². The van der Waals surface area contributed by atoms with Crippen molar-refractivity contribution in [2.45, 2.75) is 6.92 Å². The predicted octanol–water partition coefficient (Wildman–Crippen LogP) is 2.28. The van der Waals surface area contributed by atoms with Gasteiger partial charge < -0.3 is 5.32 Å². The second-order valence-corrected chi connectivity index (χ2v) is 5.50. The monoisotopic (exact) mass is 357 g/mol. The van der Waals surface area contributed by atoms with E-state index in [1.807, 2.05) is 6.07 Å². The normalized spacial score (nSPS) is 10.7. The Morgan fingerprint density at radius 1 is 0.920 bits per heavy atom. The number of benzene rings is 2. The minimum atomic E-state index is -0.652. The Kier molecular flexibility index (Phi) is 6.31. The Hall–Kier alpha value is -3.12. The summed E-state index contributed by atoms with van der Waals surface area (Å²) in [7, 11) is 0. The predicted molar refractivity (Wildman–Crippen MR) is 95.3 cm³/mol. The number of carbonyl (C=O) groups is 3. The van der Waals surface area contributed by atoms with Crippen molar-refractivity contribution in [2.24, 2.45) is 0 Å². The fourth-order valence-electron chi connectivity index (χ4n) is 1.92. The first kappa shape index (κ1) is 18.2. The summed E-state index contributed by atoms with van der Waals surface area (Å²) < 4.78 is 0. The fraction of sp³-hybridized carbons (Fsp3) is 0.0556. The lowest BCUT2D eigenvalue weighted by Crippen LogP contribution is -2.44. The van der Waals surface area contributed by atoms with Crippen molar-refractivity contribution in [3.63, 3.8) is 0 Å². The van der Waals surface area contributed by atoms with E-state index in [1.54, 1.807) is 36.4 Å².